The quantitative estimate of drug-likeness (QED) is 0.759. The van der Waals surface area contributed by atoms with Crippen LogP contribution in [-0.4, -0.2) is 49.4 Å². The molecule has 2 aliphatic heterocycles. The molecule has 2 unspecified atom stereocenters. The van der Waals surface area contributed by atoms with E-state index in [4.69, 9.17) is 0 Å². The van der Waals surface area contributed by atoms with Crippen molar-refractivity contribution in [3.8, 4) is 0 Å². The number of hydrogen-bond donors (Lipinski definition) is 2. The molecule has 2 N–H and O–H groups in total. The zero-order valence-corrected chi connectivity index (χ0v) is 11.9. The zero-order chi connectivity index (χ0) is 13.8. The summed E-state index contributed by atoms with van der Waals surface area (Å²) in [6.07, 6.45) is 3.66. The van der Waals surface area contributed by atoms with Crippen molar-refractivity contribution < 1.29 is 9.59 Å². The monoisotopic (exact) mass is 267 g/mol. The molecule has 0 spiro atoms. The van der Waals surface area contributed by atoms with Crippen molar-refractivity contribution in [2.75, 3.05) is 26.7 Å². The number of rotatable bonds is 2. The van der Waals surface area contributed by atoms with Crippen LogP contribution >= 0.6 is 0 Å². The third kappa shape index (κ3) is 3.47. The van der Waals surface area contributed by atoms with Crippen LogP contribution in [0.2, 0.25) is 0 Å². The largest absolute Gasteiger partial charge is 0.359 e. The molecule has 0 aromatic rings. The minimum Gasteiger partial charge on any atom is -0.359 e. The van der Waals surface area contributed by atoms with Gasteiger partial charge in [0.25, 0.3) is 0 Å². The van der Waals surface area contributed by atoms with E-state index >= 15 is 0 Å². The fraction of sp³-hybridized carbons (Fsp3) is 0.857. The fourth-order valence-corrected chi connectivity index (χ4v) is 3.08. The van der Waals surface area contributed by atoms with Crippen LogP contribution in [0.1, 0.15) is 32.6 Å². The highest BCUT2D eigenvalue weighted by Crippen LogP contribution is 2.21. The van der Waals surface area contributed by atoms with Crippen LogP contribution in [0.25, 0.3) is 0 Å². The number of nitrogens with zero attached hydrogens (tertiary/aromatic N) is 1. The molecule has 2 amide bonds. The Hall–Kier alpha value is -1.10. The number of carbonyl (C=O) groups excluding carboxylic acids is 2. The molecule has 2 saturated heterocycles. The van der Waals surface area contributed by atoms with Gasteiger partial charge >= 0.3 is 0 Å². The van der Waals surface area contributed by atoms with Gasteiger partial charge in [0, 0.05) is 26.1 Å². The highest BCUT2D eigenvalue weighted by Gasteiger charge is 2.32. The van der Waals surface area contributed by atoms with Gasteiger partial charge in [-0.2, -0.15) is 0 Å². The molecule has 2 rings (SSSR count). The van der Waals surface area contributed by atoms with Crippen molar-refractivity contribution in [3.05, 3.63) is 0 Å². The summed E-state index contributed by atoms with van der Waals surface area (Å²) in [4.78, 5) is 25.9. The van der Waals surface area contributed by atoms with E-state index in [-0.39, 0.29) is 23.8 Å². The second kappa shape index (κ2) is 6.37. The molecule has 19 heavy (non-hydrogen) atoms. The average molecular weight is 267 g/mol. The molecule has 0 aliphatic carbocycles. The van der Waals surface area contributed by atoms with Crippen LogP contribution in [0.3, 0.4) is 0 Å². The van der Waals surface area contributed by atoms with Gasteiger partial charge in [0.05, 0.1) is 6.04 Å². The summed E-state index contributed by atoms with van der Waals surface area (Å²) in [7, 11) is 1.67. The minimum atomic E-state index is -0.0136. The van der Waals surface area contributed by atoms with Crippen LogP contribution in [0, 0.1) is 11.8 Å². The van der Waals surface area contributed by atoms with Gasteiger partial charge in [-0.3, -0.25) is 9.59 Å². The van der Waals surface area contributed by atoms with Gasteiger partial charge in [0.2, 0.25) is 11.8 Å². The predicted molar refractivity (Wildman–Crippen MR) is 73.6 cm³/mol. The van der Waals surface area contributed by atoms with Gasteiger partial charge in [-0.05, 0) is 38.1 Å². The summed E-state index contributed by atoms with van der Waals surface area (Å²) in [5.41, 5.74) is 0. The molecular formula is C14H25N3O2. The Morgan fingerprint density at radius 3 is 2.47 bits per heavy atom. The van der Waals surface area contributed by atoms with E-state index in [1.165, 1.54) is 0 Å². The number of likely N-dealkylation sites (tertiary alicyclic amines) is 1. The van der Waals surface area contributed by atoms with E-state index in [2.05, 4.69) is 17.6 Å². The van der Waals surface area contributed by atoms with Gasteiger partial charge in [0.15, 0.2) is 0 Å². The van der Waals surface area contributed by atoms with Crippen molar-refractivity contribution in [1.29, 1.82) is 0 Å². The molecule has 108 valence electrons. The summed E-state index contributed by atoms with van der Waals surface area (Å²) < 4.78 is 0. The maximum Gasteiger partial charge on any atom is 0.239 e. The SMILES string of the molecule is CNC(=O)C1CCN(C(=O)C2CC(C)CCN2)CC1. The molecule has 0 aromatic carbocycles. The molecule has 5 nitrogen and oxygen atoms in total. The highest BCUT2D eigenvalue weighted by molar-refractivity contribution is 5.83. The number of piperidine rings is 2. The summed E-state index contributed by atoms with van der Waals surface area (Å²) >= 11 is 0. The predicted octanol–water partition coefficient (Wildman–Crippen LogP) is 0.359. The van der Waals surface area contributed by atoms with E-state index in [1.54, 1.807) is 7.05 Å². The van der Waals surface area contributed by atoms with Crippen molar-refractivity contribution in [2.24, 2.45) is 11.8 Å². The van der Waals surface area contributed by atoms with Crippen molar-refractivity contribution in [3.63, 3.8) is 0 Å². The normalized spacial score (nSPS) is 29.1. The van der Waals surface area contributed by atoms with E-state index in [0.29, 0.717) is 19.0 Å². The lowest BCUT2D eigenvalue weighted by atomic mass is 9.91. The minimum absolute atomic E-state index is 0.0136. The summed E-state index contributed by atoms with van der Waals surface area (Å²) in [6, 6.07) is -0.0136. The second-order valence-electron chi connectivity index (χ2n) is 5.85. The first-order valence-electron chi connectivity index (χ1n) is 7.35. The third-order valence-electron chi connectivity index (χ3n) is 4.39. The maximum atomic E-state index is 12.4. The third-order valence-corrected chi connectivity index (χ3v) is 4.39. The van der Waals surface area contributed by atoms with Gasteiger partial charge in [-0.1, -0.05) is 6.92 Å². The van der Waals surface area contributed by atoms with Crippen LogP contribution in [0.4, 0.5) is 0 Å². The molecule has 2 aliphatic rings. The van der Waals surface area contributed by atoms with Gasteiger partial charge in [-0.25, -0.2) is 0 Å². The molecule has 5 heteroatoms. The smallest absolute Gasteiger partial charge is 0.239 e. The van der Waals surface area contributed by atoms with E-state index in [9.17, 15) is 9.59 Å². The fourth-order valence-electron chi connectivity index (χ4n) is 3.08. The Morgan fingerprint density at radius 1 is 1.21 bits per heavy atom. The van der Waals surface area contributed by atoms with Crippen LogP contribution in [-0.2, 0) is 9.59 Å². The van der Waals surface area contributed by atoms with Crippen molar-refractivity contribution in [2.45, 2.75) is 38.6 Å². The Morgan fingerprint density at radius 2 is 1.89 bits per heavy atom. The number of nitrogens with one attached hydrogen (secondary N) is 2. The van der Waals surface area contributed by atoms with Crippen molar-refractivity contribution in [1.82, 2.24) is 15.5 Å². The van der Waals surface area contributed by atoms with Gasteiger partial charge in [0.1, 0.15) is 0 Å². The molecule has 0 saturated carbocycles. The maximum absolute atomic E-state index is 12.4. The molecule has 0 aromatic heterocycles. The Kier molecular flexibility index (Phi) is 4.80. The van der Waals surface area contributed by atoms with Crippen molar-refractivity contribution >= 4 is 11.8 Å². The lowest BCUT2D eigenvalue weighted by Crippen LogP contribution is -2.52. The van der Waals surface area contributed by atoms with Gasteiger partial charge < -0.3 is 15.5 Å². The zero-order valence-electron chi connectivity index (χ0n) is 11.9. The Balaban J connectivity index is 1.83. The molecule has 0 radical (unpaired) electrons. The molecule has 0 bridgehead atoms. The van der Waals surface area contributed by atoms with Crippen LogP contribution in [0.15, 0.2) is 0 Å². The summed E-state index contributed by atoms with van der Waals surface area (Å²) in [6.45, 7) is 4.57. The summed E-state index contributed by atoms with van der Waals surface area (Å²) in [5, 5.41) is 6.01. The Bertz CT molecular complexity index is 338. The standard InChI is InChI=1S/C14H25N3O2/c1-10-3-6-16-12(9-10)14(19)17-7-4-11(5-8-17)13(18)15-2/h10-12,16H,3-9H2,1-2H3,(H,15,18). The summed E-state index contributed by atoms with van der Waals surface area (Å²) in [5.74, 6) is 1.03. The number of hydrogen-bond acceptors (Lipinski definition) is 3. The van der Waals surface area contributed by atoms with Crippen LogP contribution in [0.5, 0.6) is 0 Å². The topological polar surface area (TPSA) is 61.4 Å². The molecule has 2 atom stereocenters. The average Bonchev–Trinajstić information content (AvgIpc) is 2.46. The lowest BCUT2D eigenvalue weighted by Gasteiger charge is -2.36. The van der Waals surface area contributed by atoms with Crippen LogP contribution < -0.4 is 10.6 Å². The molecule has 2 heterocycles. The number of amides is 2. The van der Waals surface area contributed by atoms with E-state index in [1.807, 2.05) is 4.90 Å². The molecular weight excluding hydrogens is 242 g/mol. The first-order chi connectivity index (χ1) is 9.11. The molecule has 2 fully saturated rings. The lowest BCUT2D eigenvalue weighted by molar-refractivity contribution is -0.138. The van der Waals surface area contributed by atoms with Gasteiger partial charge in [-0.15, -0.1) is 0 Å². The van der Waals surface area contributed by atoms with E-state index < -0.39 is 0 Å². The van der Waals surface area contributed by atoms with E-state index in [0.717, 1.165) is 32.2 Å². The Labute approximate surface area is 115 Å². The first-order valence-corrected chi connectivity index (χ1v) is 7.35. The number of carbonyl (C=O) groups is 2. The second-order valence-corrected chi connectivity index (χ2v) is 5.85. The highest BCUT2D eigenvalue weighted by atomic mass is 16.2. The first kappa shape index (κ1) is 14.3.